The zero-order chi connectivity index (χ0) is 17.9. The summed E-state index contributed by atoms with van der Waals surface area (Å²) in [6.45, 7) is 4.80. The van der Waals surface area contributed by atoms with Gasteiger partial charge in [-0.25, -0.2) is 4.39 Å². The van der Waals surface area contributed by atoms with E-state index >= 15 is 0 Å². The van der Waals surface area contributed by atoms with E-state index in [0.717, 1.165) is 63.6 Å². The van der Waals surface area contributed by atoms with Crippen molar-refractivity contribution in [3.8, 4) is 0 Å². The predicted octanol–water partition coefficient (Wildman–Crippen LogP) is 2.43. The number of halogens is 1. The highest BCUT2D eigenvalue weighted by Crippen LogP contribution is 2.26. The van der Waals surface area contributed by atoms with Crippen LogP contribution in [0.15, 0.2) is 24.3 Å². The lowest BCUT2D eigenvalue weighted by Crippen LogP contribution is -2.46. The van der Waals surface area contributed by atoms with Gasteiger partial charge < -0.3 is 10.2 Å². The van der Waals surface area contributed by atoms with E-state index in [2.05, 4.69) is 15.1 Å². The number of hydrogen-bond donors (Lipinski definition) is 1. The Morgan fingerprint density at radius 2 is 1.88 bits per heavy atom. The van der Waals surface area contributed by atoms with Crippen LogP contribution < -0.4 is 5.32 Å². The first-order valence-corrected chi connectivity index (χ1v) is 10.2. The van der Waals surface area contributed by atoms with Gasteiger partial charge in [-0.05, 0) is 62.3 Å². The fourth-order valence-corrected chi connectivity index (χ4v) is 4.60. The van der Waals surface area contributed by atoms with Crippen LogP contribution in [0.2, 0.25) is 0 Å². The molecule has 5 heteroatoms. The summed E-state index contributed by atoms with van der Waals surface area (Å²) in [6, 6.07) is 7.48. The number of hydrogen-bond acceptors (Lipinski definition) is 3. The maximum absolute atomic E-state index is 13.0. The molecule has 2 unspecified atom stereocenters. The molecule has 3 aliphatic rings. The highest BCUT2D eigenvalue weighted by atomic mass is 19.1. The van der Waals surface area contributed by atoms with Gasteiger partial charge in [0.2, 0.25) is 5.91 Å². The molecule has 2 saturated heterocycles. The molecule has 1 saturated carbocycles. The molecule has 4 nitrogen and oxygen atoms in total. The van der Waals surface area contributed by atoms with Gasteiger partial charge in [0.25, 0.3) is 0 Å². The minimum atomic E-state index is -0.191. The van der Waals surface area contributed by atoms with E-state index < -0.39 is 0 Å². The topological polar surface area (TPSA) is 35.6 Å². The second-order valence-corrected chi connectivity index (χ2v) is 8.19. The fourth-order valence-electron chi connectivity index (χ4n) is 4.60. The number of nitrogens with zero attached hydrogens (tertiary/aromatic N) is 2. The van der Waals surface area contributed by atoms with Crippen molar-refractivity contribution >= 4 is 5.91 Å². The highest BCUT2D eigenvalue weighted by molar-refractivity contribution is 5.82. The largest absolute Gasteiger partial charge is 0.340 e. The molecule has 0 bridgehead atoms. The Labute approximate surface area is 155 Å². The summed E-state index contributed by atoms with van der Waals surface area (Å²) in [7, 11) is 0. The van der Waals surface area contributed by atoms with Crippen LogP contribution in [0.25, 0.3) is 0 Å². The Bertz CT molecular complexity index is 616. The second kappa shape index (κ2) is 8.05. The number of benzene rings is 1. The predicted molar refractivity (Wildman–Crippen MR) is 100 cm³/mol. The van der Waals surface area contributed by atoms with Gasteiger partial charge in [0.1, 0.15) is 5.82 Å². The zero-order valence-electron chi connectivity index (χ0n) is 15.5. The molecule has 1 aliphatic carbocycles. The van der Waals surface area contributed by atoms with Crippen molar-refractivity contribution in [1.29, 1.82) is 0 Å². The van der Waals surface area contributed by atoms with E-state index in [9.17, 15) is 9.18 Å². The standard InChI is InChI=1S/C21H30FN3O/c22-18-7-5-16(6-8-18)13-17-14-20(23-15-17)21(26)25-10-2-9-24(11-12-25)19-3-1-4-19/h5-8,17,19-20,23H,1-4,9-15H2. The summed E-state index contributed by atoms with van der Waals surface area (Å²) >= 11 is 0. The third kappa shape index (κ3) is 4.09. The molecule has 0 radical (unpaired) electrons. The summed E-state index contributed by atoms with van der Waals surface area (Å²) < 4.78 is 13.0. The summed E-state index contributed by atoms with van der Waals surface area (Å²) in [6.07, 6.45) is 6.93. The maximum Gasteiger partial charge on any atom is 0.239 e. The fraction of sp³-hybridized carbons (Fsp3) is 0.667. The van der Waals surface area contributed by atoms with Gasteiger partial charge in [-0.15, -0.1) is 0 Å². The molecule has 2 atom stereocenters. The van der Waals surface area contributed by atoms with Gasteiger partial charge >= 0.3 is 0 Å². The third-order valence-corrected chi connectivity index (χ3v) is 6.39. The lowest BCUT2D eigenvalue weighted by atomic mass is 9.91. The molecule has 26 heavy (non-hydrogen) atoms. The van der Waals surface area contributed by atoms with Crippen LogP contribution in [-0.4, -0.2) is 60.5 Å². The van der Waals surface area contributed by atoms with Crippen LogP contribution in [0, 0.1) is 11.7 Å². The van der Waals surface area contributed by atoms with Crippen molar-refractivity contribution in [1.82, 2.24) is 15.1 Å². The van der Waals surface area contributed by atoms with E-state index in [-0.39, 0.29) is 17.8 Å². The number of carbonyl (C=O) groups excluding carboxylic acids is 1. The molecule has 2 aliphatic heterocycles. The van der Waals surface area contributed by atoms with Crippen molar-refractivity contribution in [2.45, 2.75) is 50.6 Å². The van der Waals surface area contributed by atoms with Crippen molar-refractivity contribution < 1.29 is 9.18 Å². The van der Waals surface area contributed by atoms with Crippen molar-refractivity contribution in [2.24, 2.45) is 5.92 Å². The maximum atomic E-state index is 13.0. The van der Waals surface area contributed by atoms with E-state index in [1.165, 1.54) is 31.4 Å². The monoisotopic (exact) mass is 359 g/mol. The quantitative estimate of drug-likeness (QED) is 0.897. The SMILES string of the molecule is O=C(C1CC(Cc2ccc(F)cc2)CN1)N1CCCN(C2CCC2)CC1. The van der Waals surface area contributed by atoms with Crippen LogP contribution in [0.4, 0.5) is 4.39 Å². The van der Waals surface area contributed by atoms with Gasteiger partial charge in [0, 0.05) is 32.2 Å². The molecular formula is C21H30FN3O. The average molecular weight is 359 g/mol. The minimum absolute atomic E-state index is 0.0456. The summed E-state index contributed by atoms with van der Waals surface area (Å²) in [5.41, 5.74) is 1.15. The Morgan fingerprint density at radius 1 is 1.08 bits per heavy atom. The van der Waals surface area contributed by atoms with Gasteiger partial charge in [-0.2, -0.15) is 0 Å². The summed E-state index contributed by atoms with van der Waals surface area (Å²) in [4.78, 5) is 17.6. The molecule has 1 N–H and O–H groups in total. The minimum Gasteiger partial charge on any atom is -0.340 e. The Hall–Kier alpha value is -1.46. The lowest BCUT2D eigenvalue weighted by molar-refractivity contribution is -0.133. The molecule has 2 heterocycles. The normalized spacial score (nSPS) is 28.0. The first kappa shape index (κ1) is 17.9. The van der Waals surface area contributed by atoms with Gasteiger partial charge in [-0.1, -0.05) is 18.6 Å². The molecule has 142 valence electrons. The summed E-state index contributed by atoms with van der Waals surface area (Å²) in [5.74, 6) is 0.540. The van der Waals surface area contributed by atoms with Crippen LogP contribution in [-0.2, 0) is 11.2 Å². The number of rotatable bonds is 4. The average Bonchev–Trinajstić information content (AvgIpc) is 2.93. The molecule has 1 aromatic carbocycles. The van der Waals surface area contributed by atoms with E-state index in [1.807, 2.05) is 12.1 Å². The molecular weight excluding hydrogens is 329 g/mol. The highest BCUT2D eigenvalue weighted by Gasteiger charge is 2.34. The van der Waals surface area contributed by atoms with E-state index in [1.54, 1.807) is 0 Å². The Kier molecular flexibility index (Phi) is 5.55. The van der Waals surface area contributed by atoms with Crippen molar-refractivity contribution in [3.05, 3.63) is 35.6 Å². The molecule has 0 aromatic heterocycles. The van der Waals surface area contributed by atoms with E-state index in [4.69, 9.17) is 0 Å². The van der Waals surface area contributed by atoms with Crippen LogP contribution in [0.1, 0.15) is 37.7 Å². The first-order valence-electron chi connectivity index (χ1n) is 10.2. The second-order valence-electron chi connectivity index (χ2n) is 8.19. The molecule has 4 rings (SSSR count). The lowest BCUT2D eigenvalue weighted by Gasteiger charge is -2.36. The summed E-state index contributed by atoms with van der Waals surface area (Å²) in [5, 5.41) is 3.43. The van der Waals surface area contributed by atoms with Gasteiger partial charge in [-0.3, -0.25) is 9.69 Å². The van der Waals surface area contributed by atoms with Crippen molar-refractivity contribution in [3.63, 3.8) is 0 Å². The zero-order valence-corrected chi connectivity index (χ0v) is 15.5. The Balaban J connectivity index is 1.27. The number of nitrogens with one attached hydrogen (secondary N) is 1. The molecule has 3 fully saturated rings. The van der Waals surface area contributed by atoms with Gasteiger partial charge in [0.05, 0.1) is 6.04 Å². The van der Waals surface area contributed by atoms with Crippen LogP contribution in [0.3, 0.4) is 0 Å². The van der Waals surface area contributed by atoms with Crippen LogP contribution in [0.5, 0.6) is 0 Å². The molecule has 1 aromatic rings. The number of amides is 1. The van der Waals surface area contributed by atoms with Gasteiger partial charge in [0.15, 0.2) is 0 Å². The smallest absolute Gasteiger partial charge is 0.239 e. The van der Waals surface area contributed by atoms with Crippen LogP contribution >= 0.6 is 0 Å². The first-order chi connectivity index (χ1) is 12.7. The number of carbonyl (C=O) groups is 1. The molecule has 0 spiro atoms. The van der Waals surface area contributed by atoms with Crippen molar-refractivity contribution in [2.75, 3.05) is 32.7 Å². The van der Waals surface area contributed by atoms with E-state index in [0.29, 0.717) is 5.92 Å². The third-order valence-electron chi connectivity index (χ3n) is 6.39. The molecule has 1 amide bonds. The Morgan fingerprint density at radius 3 is 2.62 bits per heavy atom.